The molecule has 1 aromatic rings. The predicted octanol–water partition coefficient (Wildman–Crippen LogP) is 1.87. The van der Waals surface area contributed by atoms with Crippen molar-refractivity contribution in [1.82, 2.24) is 10.2 Å². The molecule has 1 heterocycles. The van der Waals surface area contributed by atoms with Crippen LogP contribution in [0.5, 0.6) is 5.75 Å². The maximum absolute atomic E-state index is 12.4. The Morgan fingerprint density at radius 3 is 2.84 bits per heavy atom. The van der Waals surface area contributed by atoms with Crippen molar-refractivity contribution in [3.8, 4) is 5.75 Å². The molecule has 0 unspecified atom stereocenters. The molecule has 1 aliphatic heterocycles. The molecule has 2 rings (SSSR count). The Morgan fingerprint density at radius 2 is 2.16 bits per heavy atom. The minimum absolute atomic E-state index is 0.0438. The maximum Gasteiger partial charge on any atom is 0.318 e. The number of carbonyl (C=O) groups is 2. The van der Waals surface area contributed by atoms with Crippen LogP contribution in [0.4, 0.5) is 10.5 Å². The van der Waals surface area contributed by atoms with Gasteiger partial charge in [-0.2, -0.15) is 0 Å². The van der Waals surface area contributed by atoms with Gasteiger partial charge in [-0.25, -0.2) is 4.79 Å². The smallest absolute Gasteiger partial charge is 0.318 e. The van der Waals surface area contributed by atoms with Crippen molar-refractivity contribution in [2.75, 3.05) is 44.8 Å². The molecule has 138 valence electrons. The first-order chi connectivity index (χ1) is 12.0. The molecule has 1 fully saturated rings. The maximum atomic E-state index is 12.4. The highest BCUT2D eigenvalue weighted by atomic mass is 16.5. The lowest BCUT2D eigenvalue weighted by Gasteiger charge is -2.34. The van der Waals surface area contributed by atoms with E-state index in [1.54, 1.807) is 12.0 Å². The fourth-order valence-electron chi connectivity index (χ4n) is 2.62. The van der Waals surface area contributed by atoms with Gasteiger partial charge in [0.1, 0.15) is 12.3 Å². The molecule has 0 aliphatic carbocycles. The average Bonchev–Trinajstić information content (AvgIpc) is 2.64. The SMILES string of the molecule is CCCO[C@H](C)CNC(=O)N1CCN(c2cccc(OC)c2)C(=O)C1. The lowest BCUT2D eigenvalue weighted by molar-refractivity contribution is -0.120. The number of benzene rings is 1. The number of nitrogens with one attached hydrogen (secondary N) is 1. The van der Waals surface area contributed by atoms with E-state index < -0.39 is 0 Å². The van der Waals surface area contributed by atoms with Gasteiger partial charge < -0.3 is 24.6 Å². The number of amides is 3. The molecule has 0 radical (unpaired) electrons. The standard InChI is InChI=1S/C18H27N3O4/c1-4-10-25-14(2)12-19-18(23)20-8-9-21(17(22)13-20)15-6-5-7-16(11-15)24-3/h5-7,11,14H,4,8-10,12-13H2,1-3H3,(H,19,23)/t14-/m1/s1. The van der Waals surface area contributed by atoms with Gasteiger partial charge in [0.05, 0.1) is 13.2 Å². The predicted molar refractivity (Wildman–Crippen MR) is 96.0 cm³/mol. The Hall–Kier alpha value is -2.28. The third kappa shape index (κ3) is 5.35. The number of methoxy groups -OCH3 is 1. The summed E-state index contributed by atoms with van der Waals surface area (Å²) in [5.74, 6) is 0.594. The molecule has 1 aliphatic rings. The third-order valence-electron chi connectivity index (χ3n) is 4.02. The molecule has 1 atom stereocenters. The summed E-state index contributed by atoms with van der Waals surface area (Å²) in [7, 11) is 1.59. The van der Waals surface area contributed by atoms with Gasteiger partial charge in [-0.3, -0.25) is 4.79 Å². The van der Waals surface area contributed by atoms with Gasteiger partial charge in [0.15, 0.2) is 0 Å². The summed E-state index contributed by atoms with van der Waals surface area (Å²) in [5.41, 5.74) is 0.783. The minimum Gasteiger partial charge on any atom is -0.497 e. The van der Waals surface area contributed by atoms with Crippen LogP contribution in [-0.4, -0.2) is 62.8 Å². The van der Waals surface area contributed by atoms with Crippen LogP contribution >= 0.6 is 0 Å². The molecule has 0 aromatic heterocycles. The minimum atomic E-state index is -0.231. The monoisotopic (exact) mass is 349 g/mol. The van der Waals surface area contributed by atoms with E-state index in [1.807, 2.05) is 38.1 Å². The Bertz CT molecular complexity index is 593. The van der Waals surface area contributed by atoms with E-state index in [-0.39, 0.29) is 24.6 Å². The third-order valence-corrected chi connectivity index (χ3v) is 4.02. The van der Waals surface area contributed by atoms with Crippen LogP contribution in [0.2, 0.25) is 0 Å². The summed E-state index contributed by atoms with van der Waals surface area (Å²) in [5, 5.41) is 2.83. The highest BCUT2D eigenvalue weighted by Crippen LogP contribution is 2.22. The number of hydrogen-bond acceptors (Lipinski definition) is 4. The Morgan fingerprint density at radius 1 is 1.36 bits per heavy atom. The largest absolute Gasteiger partial charge is 0.497 e. The lowest BCUT2D eigenvalue weighted by Crippen LogP contribution is -2.55. The van der Waals surface area contributed by atoms with Crippen LogP contribution in [0.25, 0.3) is 0 Å². The summed E-state index contributed by atoms with van der Waals surface area (Å²) in [6, 6.07) is 7.13. The van der Waals surface area contributed by atoms with Crippen molar-refractivity contribution >= 4 is 17.6 Å². The van der Waals surface area contributed by atoms with Gasteiger partial charge >= 0.3 is 6.03 Å². The van der Waals surface area contributed by atoms with Crippen LogP contribution in [-0.2, 0) is 9.53 Å². The quantitative estimate of drug-likeness (QED) is 0.816. The second kappa shape index (κ2) is 9.27. The lowest BCUT2D eigenvalue weighted by atomic mass is 10.2. The van der Waals surface area contributed by atoms with Crippen LogP contribution < -0.4 is 15.0 Å². The van der Waals surface area contributed by atoms with Gasteiger partial charge in [0.25, 0.3) is 0 Å². The van der Waals surface area contributed by atoms with Crippen LogP contribution in [0.3, 0.4) is 0 Å². The number of nitrogens with zero attached hydrogens (tertiary/aromatic N) is 2. The van der Waals surface area contributed by atoms with Crippen molar-refractivity contribution < 1.29 is 19.1 Å². The molecule has 7 heteroatoms. The zero-order valence-electron chi connectivity index (χ0n) is 15.2. The van der Waals surface area contributed by atoms with E-state index in [1.165, 1.54) is 4.90 Å². The summed E-state index contributed by atoms with van der Waals surface area (Å²) < 4.78 is 10.7. The Labute approximate surface area is 148 Å². The van der Waals surface area contributed by atoms with Gasteiger partial charge in [-0.05, 0) is 25.5 Å². The second-order valence-electron chi connectivity index (χ2n) is 6.04. The highest BCUT2D eigenvalue weighted by Gasteiger charge is 2.28. The summed E-state index contributed by atoms with van der Waals surface area (Å²) >= 11 is 0. The molecular weight excluding hydrogens is 322 g/mol. The summed E-state index contributed by atoms with van der Waals surface area (Å²) in [6.45, 7) is 6.08. The Kier molecular flexibility index (Phi) is 7.06. The van der Waals surface area contributed by atoms with E-state index in [4.69, 9.17) is 9.47 Å². The topological polar surface area (TPSA) is 71.1 Å². The second-order valence-corrected chi connectivity index (χ2v) is 6.04. The first-order valence-corrected chi connectivity index (χ1v) is 8.64. The van der Waals surface area contributed by atoms with E-state index in [0.29, 0.717) is 32.0 Å². The zero-order valence-corrected chi connectivity index (χ0v) is 15.2. The normalized spacial score (nSPS) is 15.9. The molecule has 25 heavy (non-hydrogen) atoms. The van der Waals surface area contributed by atoms with E-state index >= 15 is 0 Å². The zero-order chi connectivity index (χ0) is 18.2. The molecule has 3 amide bonds. The van der Waals surface area contributed by atoms with Gasteiger partial charge in [0, 0.05) is 38.0 Å². The fraction of sp³-hybridized carbons (Fsp3) is 0.556. The number of ether oxygens (including phenoxy) is 2. The molecule has 1 N–H and O–H groups in total. The number of urea groups is 1. The fourth-order valence-corrected chi connectivity index (χ4v) is 2.62. The average molecular weight is 349 g/mol. The van der Waals surface area contributed by atoms with Gasteiger partial charge in [-0.15, -0.1) is 0 Å². The van der Waals surface area contributed by atoms with Crippen LogP contribution in [0.1, 0.15) is 20.3 Å². The Balaban J connectivity index is 1.86. The van der Waals surface area contributed by atoms with Gasteiger partial charge in [-0.1, -0.05) is 13.0 Å². The first kappa shape index (κ1) is 19.1. The molecular formula is C18H27N3O4. The van der Waals surface area contributed by atoms with Crippen LogP contribution in [0.15, 0.2) is 24.3 Å². The van der Waals surface area contributed by atoms with E-state index in [9.17, 15) is 9.59 Å². The molecule has 1 aromatic carbocycles. The van der Waals surface area contributed by atoms with Crippen molar-refractivity contribution in [2.45, 2.75) is 26.4 Å². The van der Waals surface area contributed by atoms with E-state index in [0.717, 1.165) is 12.1 Å². The van der Waals surface area contributed by atoms with E-state index in [2.05, 4.69) is 5.32 Å². The van der Waals surface area contributed by atoms with Gasteiger partial charge in [0.2, 0.25) is 5.91 Å². The summed E-state index contributed by atoms with van der Waals surface area (Å²) in [4.78, 5) is 27.9. The number of anilines is 1. The number of rotatable bonds is 7. The highest BCUT2D eigenvalue weighted by molar-refractivity contribution is 5.97. The molecule has 0 bridgehead atoms. The van der Waals surface area contributed by atoms with Crippen molar-refractivity contribution in [2.24, 2.45) is 0 Å². The first-order valence-electron chi connectivity index (χ1n) is 8.64. The molecule has 7 nitrogen and oxygen atoms in total. The summed E-state index contributed by atoms with van der Waals surface area (Å²) in [6.07, 6.45) is 0.900. The molecule has 0 saturated carbocycles. The van der Waals surface area contributed by atoms with Crippen LogP contribution in [0, 0.1) is 0 Å². The van der Waals surface area contributed by atoms with Crippen molar-refractivity contribution in [1.29, 1.82) is 0 Å². The van der Waals surface area contributed by atoms with Crippen molar-refractivity contribution in [3.05, 3.63) is 24.3 Å². The number of carbonyl (C=O) groups excluding carboxylic acids is 2. The number of hydrogen-bond donors (Lipinski definition) is 1. The van der Waals surface area contributed by atoms with Crippen molar-refractivity contribution in [3.63, 3.8) is 0 Å². The molecule has 1 saturated heterocycles. The molecule has 0 spiro atoms. The number of piperazine rings is 1.